The number of carbonyl (C=O) groups is 2. The Bertz CT molecular complexity index is 1020. The summed E-state index contributed by atoms with van der Waals surface area (Å²) < 4.78 is 0. The maximum Gasteiger partial charge on any atom is 0.257 e. The first-order valence-corrected chi connectivity index (χ1v) is 9.64. The zero-order chi connectivity index (χ0) is 20.8. The summed E-state index contributed by atoms with van der Waals surface area (Å²) in [5, 5.41) is 2.98. The molecule has 0 unspecified atom stereocenters. The third-order valence-electron chi connectivity index (χ3n) is 4.84. The highest BCUT2D eigenvalue weighted by Gasteiger charge is 2.16. The van der Waals surface area contributed by atoms with Crippen molar-refractivity contribution in [3.8, 4) is 0 Å². The van der Waals surface area contributed by atoms with Crippen LogP contribution >= 0.6 is 0 Å². The van der Waals surface area contributed by atoms with Crippen LogP contribution in [0.5, 0.6) is 0 Å². The van der Waals surface area contributed by atoms with E-state index in [1.807, 2.05) is 62.4 Å². The number of hydrogen-bond acceptors (Lipinski definition) is 3. The molecule has 3 rings (SSSR count). The Hall–Kier alpha value is -3.47. The molecule has 3 aromatic rings. The lowest BCUT2D eigenvalue weighted by Gasteiger charge is -2.17. The number of para-hydroxylation sites is 1. The van der Waals surface area contributed by atoms with Gasteiger partial charge in [0.15, 0.2) is 0 Å². The van der Waals surface area contributed by atoms with Crippen LogP contribution in [0.1, 0.15) is 44.3 Å². The first-order valence-electron chi connectivity index (χ1n) is 9.64. The molecule has 0 saturated heterocycles. The highest BCUT2D eigenvalue weighted by atomic mass is 16.2. The third kappa shape index (κ3) is 4.88. The number of nitrogens with zero attached hydrogens (tertiary/aromatic N) is 2. The second-order valence-electron chi connectivity index (χ2n) is 7.03. The van der Waals surface area contributed by atoms with E-state index in [9.17, 15) is 9.59 Å². The fourth-order valence-corrected chi connectivity index (χ4v) is 3.22. The summed E-state index contributed by atoms with van der Waals surface area (Å²) in [4.78, 5) is 31.3. The molecule has 0 fully saturated rings. The Morgan fingerprint density at radius 2 is 1.72 bits per heavy atom. The summed E-state index contributed by atoms with van der Waals surface area (Å²) in [6.45, 7) is 4.50. The van der Waals surface area contributed by atoms with Crippen LogP contribution in [0.25, 0.3) is 0 Å². The number of hydrogen-bond donors (Lipinski definition) is 1. The molecule has 1 N–H and O–H groups in total. The number of anilines is 1. The average Bonchev–Trinajstić information content (AvgIpc) is 2.75. The molecular formula is C24H25N3O2. The van der Waals surface area contributed by atoms with Crippen LogP contribution in [0.4, 0.5) is 5.69 Å². The van der Waals surface area contributed by atoms with Crippen molar-refractivity contribution < 1.29 is 9.59 Å². The van der Waals surface area contributed by atoms with Gasteiger partial charge >= 0.3 is 0 Å². The molecule has 1 aromatic heterocycles. The molecule has 0 aliphatic carbocycles. The number of nitrogens with one attached hydrogen (secondary N) is 1. The van der Waals surface area contributed by atoms with E-state index >= 15 is 0 Å². The number of amides is 2. The van der Waals surface area contributed by atoms with E-state index in [-0.39, 0.29) is 11.8 Å². The molecule has 29 heavy (non-hydrogen) atoms. The van der Waals surface area contributed by atoms with Crippen LogP contribution in [0.3, 0.4) is 0 Å². The molecule has 5 heteroatoms. The zero-order valence-electron chi connectivity index (χ0n) is 17.0. The molecular weight excluding hydrogens is 362 g/mol. The molecule has 0 aliphatic heterocycles. The van der Waals surface area contributed by atoms with Crippen molar-refractivity contribution in [2.75, 3.05) is 12.4 Å². The van der Waals surface area contributed by atoms with Gasteiger partial charge in [-0.2, -0.15) is 0 Å². The van der Waals surface area contributed by atoms with Crippen molar-refractivity contribution in [2.45, 2.75) is 26.8 Å². The predicted molar refractivity (Wildman–Crippen MR) is 115 cm³/mol. The van der Waals surface area contributed by atoms with Gasteiger partial charge in [0.1, 0.15) is 0 Å². The summed E-state index contributed by atoms with van der Waals surface area (Å²) in [5.74, 6) is -0.456. The van der Waals surface area contributed by atoms with Gasteiger partial charge in [0, 0.05) is 31.7 Å². The molecule has 1 heterocycles. The van der Waals surface area contributed by atoms with Crippen molar-refractivity contribution in [1.82, 2.24) is 9.88 Å². The second kappa shape index (κ2) is 9.15. The minimum Gasteiger partial charge on any atom is -0.337 e. The van der Waals surface area contributed by atoms with Gasteiger partial charge in [0.05, 0.1) is 11.1 Å². The fourth-order valence-electron chi connectivity index (χ4n) is 3.22. The van der Waals surface area contributed by atoms with Gasteiger partial charge in [0.2, 0.25) is 0 Å². The molecule has 0 spiro atoms. The smallest absolute Gasteiger partial charge is 0.257 e. The quantitative estimate of drug-likeness (QED) is 0.678. The van der Waals surface area contributed by atoms with Crippen molar-refractivity contribution in [1.29, 1.82) is 0 Å². The Kier molecular flexibility index (Phi) is 6.39. The Labute approximate surface area is 171 Å². The summed E-state index contributed by atoms with van der Waals surface area (Å²) in [5.41, 5.74) is 4.67. The molecule has 2 amide bonds. The van der Waals surface area contributed by atoms with Gasteiger partial charge < -0.3 is 10.2 Å². The maximum atomic E-state index is 12.8. The Morgan fingerprint density at radius 3 is 2.45 bits per heavy atom. The molecule has 0 bridgehead atoms. The third-order valence-corrected chi connectivity index (χ3v) is 4.84. The zero-order valence-corrected chi connectivity index (χ0v) is 17.0. The standard InChI is InChI=1S/C24H25N3O2/c1-4-19-12-8-9-17(2)22(19)26-23(28)20-13-21(15-25-14-20)24(29)27(3)16-18-10-6-5-7-11-18/h5-15H,4,16H2,1-3H3,(H,26,28). The van der Waals surface area contributed by atoms with Gasteiger partial charge in [-0.15, -0.1) is 0 Å². The molecule has 0 saturated carbocycles. The molecule has 0 atom stereocenters. The van der Waals surface area contributed by atoms with E-state index in [2.05, 4.69) is 10.3 Å². The number of aryl methyl sites for hydroxylation is 2. The first kappa shape index (κ1) is 20.3. The van der Waals surface area contributed by atoms with E-state index in [0.29, 0.717) is 17.7 Å². The summed E-state index contributed by atoms with van der Waals surface area (Å²) >= 11 is 0. The molecule has 5 nitrogen and oxygen atoms in total. The summed E-state index contributed by atoms with van der Waals surface area (Å²) in [7, 11) is 1.74. The monoisotopic (exact) mass is 387 g/mol. The SMILES string of the molecule is CCc1cccc(C)c1NC(=O)c1cncc(C(=O)N(C)Cc2ccccc2)c1. The Morgan fingerprint density at radius 1 is 1.00 bits per heavy atom. The molecule has 0 aliphatic rings. The lowest BCUT2D eigenvalue weighted by atomic mass is 10.1. The molecule has 0 radical (unpaired) electrons. The van der Waals surface area contributed by atoms with Gasteiger partial charge in [-0.1, -0.05) is 55.5 Å². The minimum atomic E-state index is -0.276. The van der Waals surface area contributed by atoms with Crippen LogP contribution in [0.2, 0.25) is 0 Å². The lowest BCUT2D eigenvalue weighted by molar-refractivity contribution is 0.0784. The fraction of sp³-hybridized carbons (Fsp3) is 0.208. The van der Waals surface area contributed by atoms with Crippen molar-refractivity contribution in [2.24, 2.45) is 0 Å². The normalized spacial score (nSPS) is 10.4. The van der Waals surface area contributed by atoms with E-state index in [0.717, 1.165) is 28.8 Å². The van der Waals surface area contributed by atoms with E-state index in [4.69, 9.17) is 0 Å². The number of benzene rings is 2. The van der Waals surface area contributed by atoms with Crippen molar-refractivity contribution in [3.63, 3.8) is 0 Å². The van der Waals surface area contributed by atoms with Crippen LogP contribution in [-0.2, 0) is 13.0 Å². The van der Waals surface area contributed by atoms with Gasteiger partial charge in [-0.25, -0.2) is 0 Å². The lowest BCUT2D eigenvalue weighted by Crippen LogP contribution is -2.26. The van der Waals surface area contributed by atoms with Crippen molar-refractivity contribution >= 4 is 17.5 Å². The van der Waals surface area contributed by atoms with Crippen LogP contribution in [-0.4, -0.2) is 28.7 Å². The highest BCUT2D eigenvalue weighted by Crippen LogP contribution is 2.22. The van der Waals surface area contributed by atoms with Gasteiger partial charge in [0.25, 0.3) is 11.8 Å². The van der Waals surface area contributed by atoms with Gasteiger partial charge in [-0.3, -0.25) is 14.6 Å². The maximum absolute atomic E-state index is 12.8. The number of aromatic nitrogens is 1. The second-order valence-corrected chi connectivity index (χ2v) is 7.03. The summed E-state index contributed by atoms with van der Waals surface area (Å²) in [6.07, 6.45) is 3.79. The van der Waals surface area contributed by atoms with Crippen LogP contribution < -0.4 is 5.32 Å². The predicted octanol–water partition coefficient (Wildman–Crippen LogP) is 4.48. The number of carbonyl (C=O) groups excluding carboxylic acids is 2. The van der Waals surface area contributed by atoms with Gasteiger partial charge in [-0.05, 0) is 36.1 Å². The molecule has 2 aromatic carbocycles. The van der Waals surface area contributed by atoms with Crippen LogP contribution in [0, 0.1) is 6.92 Å². The topological polar surface area (TPSA) is 62.3 Å². The Balaban J connectivity index is 1.77. The van der Waals surface area contributed by atoms with Crippen LogP contribution in [0.15, 0.2) is 67.0 Å². The van der Waals surface area contributed by atoms with E-state index in [1.165, 1.54) is 12.4 Å². The first-order chi connectivity index (χ1) is 14.0. The largest absolute Gasteiger partial charge is 0.337 e. The van der Waals surface area contributed by atoms with E-state index < -0.39 is 0 Å². The number of rotatable bonds is 6. The highest BCUT2D eigenvalue weighted by molar-refractivity contribution is 6.06. The summed E-state index contributed by atoms with van der Waals surface area (Å²) in [6, 6.07) is 17.3. The van der Waals surface area contributed by atoms with E-state index in [1.54, 1.807) is 18.0 Å². The molecule has 148 valence electrons. The minimum absolute atomic E-state index is 0.179. The van der Waals surface area contributed by atoms with Crippen molar-refractivity contribution in [3.05, 3.63) is 94.8 Å². The average molecular weight is 387 g/mol. The number of pyridine rings is 1.